The molecule has 0 aliphatic carbocycles. The Hall–Kier alpha value is -1.24. The lowest BCUT2D eigenvalue weighted by Crippen LogP contribution is -2.26. The number of rotatable bonds is 2. The van der Waals surface area contributed by atoms with E-state index in [0.29, 0.717) is 4.77 Å². The number of nitrogens with zero attached hydrogens (tertiary/aromatic N) is 1. The number of nitrogens with one attached hydrogen (secondary N) is 3. The Kier molecular flexibility index (Phi) is 3.63. The zero-order valence-corrected chi connectivity index (χ0v) is 12.6. The molecule has 1 aliphatic heterocycles. The van der Waals surface area contributed by atoms with Crippen LogP contribution in [0.15, 0.2) is 28.7 Å². The third kappa shape index (κ3) is 2.86. The molecule has 0 unspecified atom stereocenters. The Labute approximate surface area is 124 Å². The zero-order chi connectivity index (χ0) is 13.2. The quantitative estimate of drug-likeness (QED) is 0.736. The van der Waals surface area contributed by atoms with Crippen LogP contribution in [0.1, 0.15) is 11.3 Å². The maximum absolute atomic E-state index is 5.18. The van der Waals surface area contributed by atoms with E-state index in [9.17, 15) is 0 Å². The van der Waals surface area contributed by atoms with Gasteiger partial charge in [-0.05, 0) is 43.4 Å². The van der Waals surface area contributed by atoms with Gasteiger partial charge in [-0.15, -0.1) is 0 Å². The number of aromatic amines is 1. The third-order valence-corrected chi connectivity index (χ3v) is 3.75. The molecule has 0 saturated heterocycles. The van der Waals surface area contributed by atoms with E-state index in [2.05, 4.69) is 36.5 Å². The average Bonchev–Trinajstić information content (AvgIpc) is 2.38. The van der Waals surface area contributed by atoms with Crippen molar-refractivity contribution < 1.29 is 0 Å². The number of hydrogen-bond acceptors (Lipinski definition) is 4. The van der Waals surface area contributed by atoms with Crippen LogP contribution in [0.4, 0.5) is 11.5 Å². The van der Waals surface area contributed by atoms with Crippen molar-refractivity contribution in [2.45, 2.75) is 13.0 Å². The summed E-state index contributed by atoms with van der Waals surface area (Å²) in [5, 5.41) is 6.69. The molecular weight excluding hydrogens is 324 g/mol. The lowest BCUT2D eigenvalue weighted by Gasteiger charge is -2.20. The molecule has 2 aromatic rings. The maximum atomic E-state index is 5.18. The van der Waals surface area contributed by atoms with E-state index in [-0.39, 0.29) is 0 Å². The molecule has 1 aliphatic rings. The maximum Gasteiger partial charge on any atom is 0.199 e. The molecule has 4 nitrogen and oxygen atoms in total. The van der Waals surface area contributed by atoms with Crippen LogP contribution < -0.4 is 10.6 Å². The Morgan fingerprint density at radius 2 is 2.26 bits per heavy atom. The smallest absolute Gasteiger partial charge is 0.199 e. The molecule has 0 radical (unpaired) electrons. The summed E-state index contributed by atoms with van der Waals surface area (Å²) in [5.41, 5.74) is 3.35. The molecule has 3 rings (SSSR count). The SMILES string of the molecule is S=c1nc(Nc2cccc(Br)c2)c2c([nH]1)CNCC2. The minimum atomic E-state index is 0.514. The highest BCUT2D eigenvalue weighted by atomic mass is 79.9. The molecular formula is C13H13BrN4S. The van der Waals surface area contributed by atoms with E-state index < -0.39 is 0 Å². The van der Waals surface area contributed by atoms with Gasteiger partial charge in [0.1, 0.15) is 5.82 Å². The van der Waals surface area contributed by atoms with Crippen LogP contribution in [0.5, 0.6) is 0 Å². The molecule has 0 amide bonds. The first-order valence-electron chi connectivity index (χ1n) is 6.08. The molecule has 1 aromatic carbocycles. The van der Waals surface area contributed by atoms with Gasteiger partial charge in [0.2, 0.25) is 0 Å². The predicted molar refractivity (Wildman–Crippen MR) is 82.3 cm³/mol. The summed E-state index contributed by atoms with van der Waals surface area (Å²) in [5.74, 6) is 0.860. The van der Waals surface area contributed by atoms with Crippen LogP contribution in [0, 0.1) is 4.77 Å². The third-order valence-electron chi connectivity index (χ3n) is 3.06. The molecule has 6 heteroatoms. The van der Waals surface area contributed by atoms with Crippen LogP contribution in [-0.2, 0) is 13.0 Å². The van der Waals surface area contributed by atoms with Gasteiger partial charge in [0, 0.05) is 28.0 Å². The number of anilines is 2. The Bertz CT molecular complexity index is 668. The highest BCUT2D eigenvalue weighted by Crippen LogP contribution is 2.24. The summed E-state index contributed by atoms with van der Waals surface area (Å²) in [7, 11) is 0. The minimum Gasteiger partial charge on any atom is -0.340 e. The second kappa shape index (κ2) is 5.40. The van der Waals surface area contributed by atoms with E-state index in [1.165, 1.54) is 5.56 Å². The van der Waals surface area contributed by atoms with E-state index in [4.69, 9.17) is 12.2 Å². The molecule has 0 spiro atoms. The van der Waals surface area contributed by atoms with Crippen molar-refractivity contribution in [3.05, 3.63) is 44.8 Å². The van der Waals surface area contributed by atoms with E-state index >= 15 is 0 Å². The topological polar surface area (TPSA) is 52.7 Å². The summed E-state index contributed by atoms with van der Waals surface area (Å²) in [6.45, 7) is 1.78. The minimum absolute atomic E-state index is 0.514. The fourth-order valence-electron chi connectivity index (χ4n) is 2.20. The fraction of sp³-hybridized carbons (Fsp3) is 0.231. The second-order valence-electron chi connectivity index (χ2n) is 4.41. The van der Waals surface area contributed by atoms with Crippen molar-refractivity contribution in [3.8, 4) is 0 Å². The lowest BCUT2D eigenvalue weighted by molar-refractivity contribution is 0.623. The van der Waals surface area contributed by atoms with Crippen LogP contribution in [0.2, 0.25) is 0 Å². The van der Waals surface area contributed by atoms with Gasteiger partial charge in [0.15, 0.2) is 4.77 Å². The molecule has 0 bridgehead atoms. The highest BCUT2D eigenvalue weighted by Gasteiger charge is 2.15. The summed E-state index contributed by atoms with van der Waals surface area (Å²) in [6.07, 6.45) is 0.949. The molecule has 98 valence electrons. The lowest BCUT2D eigenvalue weighted by atomic mass is 10.1. The molecule has 2 heterocycles. The summed E-state index contributed by atoms with van der Waals surface area (Å²) in [6, 6.07) is 8.02. The second-order valence-corrected chi connectivity index (χ2v) is 5.71. The van der Waals surface area contributed by atoms with Gasteiger partial charge in [0.25, 0.3) is 0 Å². The van der Waals surface area contributed by atoms with Crippen molar-refractivity contribution in [1.29, 1.82) is 0 Å². The molecule has 0 atom stereocenters. The first kappa shape index (κ1) is 12.8. The van der Waals surface area contributed by atoms with E-state index in [0.717, 1.165) is 41.2 Å². The van der Waals surface area contributed by atoms with Gasteiger partial charge in [-0.25, -0.2) is 4.98 Å². The van der Waals surface area contributed by atoms with Crippen molar-refractivity contribution in [3.63, 3.8) is 0 Å². The number of halogens is 1. The predicted octanol–water partition coefficient (Wildman–Crippen LogP) is 3.29. The first-order valence-corrected chi connectivity index (χ1v) is 7.28. The number of fused-ring (bicyclic) bond motifs is 1. The van der Waals surface area contributed by atoms with E-state index in [1.807, 2.05) is 24.3 Å². The van der Waals surface area contributed by atoms with E-state index in [1.54, 1.807) is 0 Å². The van der Waals surface area contributed by atoms with Crippen molar-refractivity contribution in [1.82, 2.24) is 15.3 Å². The monoisotopic (exact) mass is 336 g/mol. The van der Waals surface area contributed by atoms with Gasteiger partial charge in [0.05, 0.1) is 0 Å². The van der Waals surface area contributed by atoms with Crippen molar-refractivity contribution in [2.24, 2.45) is 0 Å². The van der Waals surface area contributed by atoms with Gasteiger partial charge >= 0.3 is 0 Å². The molecule has 19 heavy (non-hydrogen) atoms. The average molecular weight is 337 g/mol. The molecule has 0 fully saturated rings. The van der Waals surface area contributed by atoms with Crippen molar-refractivity contribution in [2.75, 3.05) is 11.9 Å². The Morgan fingerprint density at radius 1 is 1.37 bits per heavy atom. The van der Waals surface area contributed by atoms with Crippen LogP contribution >= 0.6 is 28.1 Å². The summed E-state index contributed by atoms with van der Waals surface area (Å²) >= 11 is 8.65. The molecule has 0 saturated carbocycles. The Balaban J connectivity index is 2.00. The zero-order valence-electron chi connectivity index (χ0n) is 10.2. The summed E-state index contributed by atoms with van der Waals surface area (Å²) < 4.78 is 1.55. The first-order chi connectivity index (χ1) is 9.22. The standard InChI is InChI=1S/C13H13BrN4S/c14-8-2-1-3-9(6-8)16-12-10-4-5-15-7-11(10)17-13(19)18-12/h1-3,6,15H,4-5,7H2,(H2,16,17,18,19). The summed E-state index contributed by atoms with van der Waals surface area (Å²) in [4.78, 5) is 7.57. The molecule has 1 aromatic heterocycles. The van der Waals surface area contributed by atoms with Gasteiger partial charge < -0.3 is 15.6 Å². The van der Waals surface area contributed by atoms with Crippen LogP contribution in [-0.4, -0.2) is 16.5 Å². The van der Waals surface area contributed by atoms with Crippen LogP contribution in [0.25, 0.3) is 0 Å². The number of aromatic nitrogens is 2. The number of hydrogen-bond donors (Lipinski definition) is 3. The van der Waals surface area contributed by atoms with Gasteiger partial charge in [-0.3, -0.25) is 0 Å². The van der Waals surface area contributed by atoms with Gasteiger partial charge in [-0.1, -0.05) is 22.0 Å². The van der Waals surface area contributed by atoms with Crippen molar-refractivity contribution >= 4 is 39.7 Å². The number of H-pyrrole nitrogens is 1. The normalized spacial score (nSPS) is 13.9. The molecule has 3 N–H and O–H groups in total. The van der Waals surface area contributed by atoms with Gasteiger partial charge in [-0.2, -0.15) is 0 Å². The largest absolute Gasteiger partial charge is 0.340 e. The number of benzene rings is 1. The Morgan fingerprint density at radius 3 is 3.11 bits per heavy atom. The highest BCUT2D eigenvalue weighted by molar-refractivity contribution is 9.10. The fourth-order valence-corrected chi connectivity index (χ4v) is 2.81. The van der Waals surface area contributed by atoms with Crippen LogP contribution in [0.3, 0.4) is 0 Å².